The highest BCUT2D eigenvalue weighted by Crippen LogP contribution is 2.25. The fourth-order valence-corrected chi connectivity index (χ4v) is 4.21. The molecule has 0 heterocycles. The molecule has 0 aliphatic carbocycles. The lowest BCUT2D eigenvalue weighted by molar-refractivity contribution is -0.141. The van der Waals surface area contributed by atoms with E-state index in [1.807, 2.05) is 61.5 Å². The summed E-state index contributed by atoms with van der Waals surface area (Å²) < 4.78 is 13.6. The first-order valence-corrected chi connectivity index (χ1v) is 12.4. The lowest BCUT2D eigenvalue weighted by Gasteiger charge is -2.32. The summed E-state index contributed by atoms with van der Waals surface area (Å²) in [5, 5.41) is 3.59. The maximum atomic E-state index is 13.7. The molecule has 4 aromatic carbocycles. The SMILES string of the molecule is Cc1ccc(CNC(=O)C(c2ccccc2)N(Cc2ccc(F)cc2)C(=O)Cc2ccc(Cl)cc2)cc1. The Balaban J connectivity index is 1.66. The summed E-state index contributed by atoms with van der Waals surface area (Å²) in [6, 6.07) is 29.3. The molecule has 188 valence electrons. The number of benzene rings is 4. The van der Waals surface area contributed by atoms with E-state index in [9.17, 15) is 14.0 Å². The predicted molar refractivity (Wildman–Crippen MR) is 144 cm³/mol. The van der Waals surface area contributed by atoms with Crippen molar-refractivity contribution in [3.8, 4) is 0 Å². The van der Waals surface area contributed by atoms with E-state index in [2.05, 4.69) is 5.32 Å². The van der Waals surface area contributed by atoms with Crippen molar-refractivity contribution in [1.29, 1.82) is 0 Å². The summed E-state index contributed by atoms with van der Waals surface area (Å²) in [6.07, 6.45) is 0.0902. The van der Waals surface area contributed by atoms with Crippen LogP contribution in [0.4, 0.5) is 4.39 Å². The van der Waals surface area contributed by atoms with E-state index in [0.717, 1.165) is 22.3 Å². The van der Waals surface area contributed by atoms with Crippen LogP contribution >= 0.6 is 11.6 Å². The molecule has 4 aromatic rings. The fourth-order valence-electron chi connectivity index (χ4n) is 4.09. The van der Waals surface area contributed by atoms with Crippen molar-refractivity contribution in [2.45, 2.75) is 32.5 Å². The molecule has 0 spiro atoms. The van der Waals surface area contributed by atoms with Crippen LogP contribution in [0.3, 0.4) is 0 Å². The van der Waals surface area contributed by atoms with Crippen molar-refractivity contribution >= 4 is 23.4 Å². The molecule has 4 nitrogen and oxygen atoms in total. The molecule has 6 heteroatoms. The van der Waals surface area contributed by atoms with Crippen LogP contribution in [0.2, 0.25) is 5.02 Å². The third-order valence-electron chi connectivity index (χ3n) is 6.12. The van der Waals surface area contributed by atoms with E-state index in [4.69, 9.17) is 11.6 Å². The van der Waals surface area contributed by atoms with Gasteiger partial charge < -0.3 is 10.2 Å². The Labute approximate surface area is 221 Å². The highest BCUT2D eigenvalue weighted by atomic mass is 35.5. The quantitative estimate of drug-likeness (QED) is 0.280. The Morgan fingerprint density at radius 2 is 1.41 bits per heavy atom. The van der Waals surface area contributed by atoms with Crippen molar-refractivity contribution in [2.75, 3.05) is 0 Å². The third kappa shape index (κ3) is 7.28. The molecular weight excluding hydrogens is 487 g/mol. The number of amides is 2. The molecule has 0 aromatic heterocycles. The minimum atomic E-state index is -0.878. The van der Waals surface area contributed by atoms with Crippen LogP contribution in [0.15, 0.2) is 103 Å². The van der Waals surface area contributed by atoms with Gasteiger partial charge in [-0.25, -0.2) is 4.39 Å². The zero-order chi connectivity index (χ0) is 26.2. The van der Waals surface area contributed by atoms with Crippen molar-refractivity contribution in [1.82, 2.24) is 10.2 Å². The Bertz CT molecular complexity index is 1320. The number of hydrogen-bond acceptors (Lipinski definition) is 2. The Kier molecular flexibility index (Phi) is 8.70. The van der Waals surface area contributed by atoms with Gasteiger partial charge in [-0.1, -0.05) is 96.0 Å². The van der Waals surface area contributed by atoms with Gasteiger partial charge in [-0.05, 0) is 53.4 Å². The number of hydrogen-bond donors (Lipinski definition) is 1. The van der Waals surface area contributed by atoms with Crippen molar-refractivity contribution in [3.05, 3.63) is 142 Å². The van der Waals surface area contributed by atoms with Gasteiger partial charge in [0, 0.05) is 18.1 Å². The maximum Gasteiger partial charge on any atom is 0.247 e. The van der Waals surface area contributed by atoms with E-state index >= 15 is 0 Å². The van der Waals surface area contributed by atoms with Crippen LogP contribution in [0.25, 0.3) is 0 Å². The van der Waals surface area contributed by atoms with Crippen LogP contribution in [-0.2, 0) is 29.1 Å². The van der Waals surface area contributed by atoms with Gasteiger partial charge in [0.25, 0.3) is 0 Å². The van der Waals surface area contributed by atoms with E-state index in [0.29, 0.717) is 17.1 Å². The number of halogens is 2. The second-order valence-electron chi connectivity index (χ2n) is 8.97. The van der Waals surface area contributed by atoms with Gasteiger partial charge in [-0.15, -0.1) is 0 Å². The van der Waals surface area contributed by atoms with Crippen LogP contribution in [-0.4, -0.2) is 16.7 Å². The average Bonchev–Trinajstić information content (AvgIpc) is 2.91. The Hall–Kier alpha value is -3.96. The van der Waals surface area contributed by atoms with Gasteiger partial charge in [-0.2, -0.15) is 0 Å². The maximum absolute atomic E-state index is 13.7. The normalized spacial score (nSPS) is 11.5. The standard InChI is InChI=1S/C31H28ClFN2O2/c1-22-7-9-24(10-8-22)20-34-31(37)30(26-5-3-2-4-6-26)35(21-25-13-17-28(33)18-14-25)29(36)19-23-11-15-27(32)16-12-23/h2-18,30H,19-21H2,1H3,(H,34,37). The number of carbonyl (C=O) groups is 2. The van der Waals surface area contributed by atoms with Crippen LogP contribution in [0.5, 0.6) is 0 Å². The summed E-state index contributed by atoms with van der Waals surface area (Å²) in [4.78, 5) is 29.0. The molecule has 0 saturated carbocycles. The topological polar surface area (TPSA) is 49.4 Å². The van der Waals surface area contributed by atoms with Crippen LogP contribution < -0.4 is 5.32 Å². The summed E-state index contributed by atoms with van der Waals surface area (Å²) in [7, 11) is 0. The molecule has 37 heavy (non-hydrogen) atoms. The zero-order valence-corrected chi connectivity index (χ0v) is 21.3. The summed E-state index contributed by atoms with van der Waals surface area (Å²) in [5.41, 5.74) is 4.29. The smallest absolute Gasteiger partial charge is 0.247 e. The molecule has 0 bridgehead atoms. The Morgan fingerprint density at radius 1 is 0.811 bits per heavy atom. The molecule has 1 N–H and O–H groups in total. The monoisotopic (exact) mass is 514 g/mol. The molecule has 4 rings (SSSR count). The highest BCUT2D eigenvalue weighted by Gasteiger charge is 2.31. The first-order valence-electron chi connectivity index (χ1n) is 12.1. The lowest BCUT2D eigenvalue weighted by Crippen LogP contribution is -2.43. The number of nitrogens with one attached hydrogen (secondary N) is 1. The molecule has 0 aliphatic rings. The number of aryl methyl sites for hydroxylation is 1. The third-order valence-corrected chi connectivity index (χ3v) is 6.37. The van der Waals surface area contributed by atoms with Crippen molar-refractivity contribution < 1.29 is 14.0 Å². The van der Waals surface area contributed by atoms with Gasteiger partial charge >= 0.3 is 0 Å². The summed E-state index contributed by atoms with van der Waals surface area (Å²) >= 11 is 6.02. The predicted octanol–water partition coefficient (Wildman–Crippen LogP) is 6.42. The van der Waals surface area contributed by atoms with Gasteiger partial charge in [0.2, 0.25) is 11.8 Å². The first kappa shape index (κ1) is 26.1. The van der Waals surface area contributed by atoms with Gasteiger partial charge in [0.15, 0.2) is 0 Å². The molecule has 0 fully saturated rings. The molecule has 1 atom stereocenters. The number of rotatable bonds is 9. The van der Waals surface area contributed by atoms with Gasteiger partial charge in [0.1, 0.15) is 11.9 Å². The van der Waals surface area contributed by atoms with Crippen molar-refractivity contribution in [3.63, 3.8) is 0 Å². The average molecular weight is 515 g/mol. The largest absolute Gasteiger partial charge is 0.350 e. The van der Waals surface area contributed by atoms with Crippen molar-refractivity contribution in [2.24, 2.45) is 0 Å². The number of carbonyl (C=O) groups excluding carboxylic acids is 2. The second kappa shape index (κ2) is 12.3. The fraction of sp³-hybridized carbons (Fsp3) is 0.161. The number of nitrogens with zero attached hydrogens (tertiary/aromatic N) is 1. The highest BCUT2D eigenvalue weighted by molar-refractivity contribution is 6.30. The summed E-state index contributed by atoms with van der Waals surface area (Å²) in [5.74, 6) is -0.887. The molecule has 0 aliphatic heterocycles. The lowest BCUT2D eigenvalue weighted by atomic mass is 10.0. The molecule has 0 radical (unpaired) electrons. The van der Waals surface area contributed by atoms with E-state index in [-0.39, 0.29) is 30.6 Å². The summed E-state index contributed by atoms with van der Waals surface area (Å²) in [6.45, 7) is 2.48. The van der Waals surface area contributed by atoms with E-state index in [1.54, 1.807) is 41.3 Å². The molecule has 2 amide bonds. The molecular formula is C31H28ClFN2O2. The molecule has 1 unspecified atom stereocenters. The minimum Gasteiger partial charge on any atom is -0.350 e. The minimum absolute atomic E-state index is 0.0902. The van der Waals surface area contributed by atoms with E-state index in [1.165, 1.54) is 12.1 Å². The van der Waals surface area contributed by atoms with Crippen LogP contribution in [0.1, 0.15) is 33.9 Å². The second-order valence-corrected chi connectivity index (χ2v) is 9.40. The molecule has 0 saturated heterocycles. The van der Waals surface area contributed by atoms with Crippen LogP contribution in [0, 0.1) is 12.7 Å². The van der Waals surface area contributed by atoms with Gasteiger partial charge in [0.05, 0.1) is 6.42 Å². The Morgan fingerprint density at radius 3 is 2.05 bits per heavy atom. The zero-order valence-electron chi connectivity index (χ0n) is 20.5. The van der Waals surface area contributed by atoms with E-state index < -0.39 is 6.04 Å². The van der Waals surface area contributed by atoms with Gasteiger partial charge in [-0.3, -0.25) is 9.59 Å². The first-order chi connectivity index (χ1) is 17.9.